The summed E-state index contributed by atoms with van der Waals surface area (Å²) in [4.78, 5) is 9.11. The zero-order valence-electron chi connectivity index (χ0n) is 11.7. The smallest absolute Gasteiger partial charge is 0.159 e. The Morgan fingerprint density at radius 3 is 2.29 bits per heavy atom. The van der Waals surface area contributed by atoms with E-state index in [-0.39, 0.29) is 5.41 Å². The van der Waals surface area contributed by atoms with Crippen LogP contribution in [-0.2, 0) is 5.41 Å². The molecule has 5 heteroatoms. The van der Waals surface area contributed by atoms with Gasteiger partial charge in [-0.05, 0) is 56.3 Å². The van der Waals surface area contributed by atoms with Gasteiger partial charge in [-0.2, -0.15) is 0 Å². The van der Waals surface area contributed by atoms with Crippen molar-refractivity contribution >= 4 is 28.8 Å². The maximum atomic E-state index is 6.45. The van der Waals surface area contributed by atoms with E-state index in [9.17, 15) is 0 Å². The molecule has 0 unspecified atom stereocenters. The molecule has 21 heavy (non-hydrogen) atoms. The summed E-state index contributed by atoms with van der Waals surface area (Å²) in [5.41, 5.74) is 0.999. The summed E-state index contributed by atoms with van der Waals surface area (Å²) in [6.45, 7) is 0. The van der Waals surface area contributed by atoms with Crippen molar-refractivity contribution in [3.05, 3.63) is 28.4 Å². The van der Waals surface area contributed by atoms with Crippen LogP contribution in [0.4, 0.5) is 0 Å². The first-order chi connectivity index (χ1) is 10.1. The van der Waals surface area contributed by atoms with E-state index >= 15 is 0 Å². The molecule has 0 saturated heterocycles. The Kier molecular flexibility index (Phi) is 2.51. The van der Waals surface area contributed by atoms with Gasteiger partial charge >= 0.3 is 0 Å². The number of halogens is 2. The zero-order valence-corrected chi connectivity index (χ0v) is 13.2. The van der Waals surface area contributed by atoms with Gasteiger partial charge in [0.05, 0.1) is 6.20 Å². The second kappa shape index (κ2) is 4.14. The van der Waals surface area contributed by atoms with Crippen LogP contribution >= 0.6 is 23.2 Å². The van der Waals surface area contributed by atoms with Gasteiger partial charge in [-0.25, -0.2) is 9.97 Å². The average molecular weight is 322 g/mol. The van der Waals surface area contributed by atoms with Crippen LogP contribution in [0.3, 0.4) is 0 Å². The minimum atomic E-state index is 0.223. The first-order valence-corrected chi connectivity index (χ1v) is 8.58. The number of imidazole rings is 1. The van der Waals surface area contributed by atoms with E-state index < -0.39 is 0 Å². The summed E-state index contributed by atoms with van der Waals surface area (Å²) < 4.78 is 2.03. The van der Waals surface area contributed by atoms with Crippen LogP contribution in [0.1, 0.15) is 44.3 Å². The molecule has 4 saturated carbocycles. The summed E-state index contributed by atoms with van der Waals surface area (Å²) in [5.74, 6) is 3.80. The standard InChI is InChI=1S/C16H17Cl2N3/c17-12-4-13(18)21-14(20-12)8-19-15(21)16-5-9-1-10(6-16)3-11(2-9)7-16/h4,8-11H,1-3,5-7H2. The molecular formula is C16H17Cl2N3. The molecule has 0 aliphatic heterocycles. The van der Waals surface area contributed by atoms with Crippen LogP contribution in [-0.4, -0.2) is 14.4 Å². The molecular weight excluding hydrogens is 305 g/mol. The highest BCUT2D eigenvalue weighted by molar-refractivity contribution is 6.33. The SMILES string of the molecule is Clc1cc(Cl)n2c(C34CC5CC(CC(C5)C3)C4)ncc2n1. The Hall–Kier alpha value is -0.800. The molecule has 0 radical (unpaired) electrons. The van der Waals surface area contributed by atoms with Crippen molar-refractivity contribution in [3.63, 3.8) is 0 Å². The molecule has 2 aromatic heterocycles. The molecule has 4 aliphatic carbocycles. The predicted octanol–water partition coefficient (Wildman–Crippen LogP) is 4.50. The molecule has 0 atom stereocenters. The number of rotatable bonds is 1. The Labute approximate surface area is 133 Å². The second-order valence-electron chi connectivity index (χ2n) is 7.37. The third-order valence-electron chi connectivity index (χ3n) is 5.93. The zero-order chi connectivity index (χ0) is 14.2. The van der Waals surface area contributed by atoms with Crippen molar-refractivity contribution in [2.24, 2.45) is 17.8 Å². The van der Waals surface area contributed by atoms with E-state index in [1.54, 1.807) is 6.07 Å². The molecule has 2 heterocycles. The largest absolute Gasteiger partial charge is 0.270 e. The van der Waals surface area contributed by atoms with Crippen LogP contribution in [0, 0.1) is 17.8 Å². The Balaban J connectivity index is 1.71. The van der Waals surface area contributed by atoms with E-state index in [2.05, 4.69) is 4.98 Å². The highest BCUT2D eigenvalue weighted by Crippen LogP contribution is 2.60. The van der Waals surface area contributed by atoms with Crippen molar-refractivity contribution in [1.82, 2.24) is 14.4 Å². The molecule has 0 amide bonds. The normalized spacial score (nSPS) is 37.5. The number of nitrogens with zero attached hydrogens (tertiary/aromatic N) is 3. The second-order valence-corrected chi connectivity index (χ2v) is 8.15. The highest BCUT2D eigenvalue weighted by Gasteiger charge is 2.53. The van der Waals surface area contributed by atoms with Crippen LogP contribution in [0.15, 0.2) is 12.3 Å². The Morgan fingerprint density at radius 2 is 1.67 bits per heavy atom. The quantitative estimate of drug-likeness (QED) is 0.724. The van der Waals surface area contributed by atoms with E-state index in [0.29, 0.717) is 10.3 Å². The lowest BCUT2D eigenvalue weighted by atomic mass is 9.49. The lowest BCUT2D eigenvalue weighted by Crippen LogP contribution is -2.49. The number of fused-ring (bicyclic) bond motifs is 1. The molecule has 0 spiro atoms. The number of hydrogen-bond donors (Lipinski definition) is 0. The van der Waals surface area contributed by atoms with Crippen molar-refractivity contribution in [3.8, 4) is 0 Å². The maximum Gasteiger partial charge on any atom is 0.159 e. The summed E-state index contributed by atoms with van der Waals surface area (Å²) >= 11 is 12.5. The third kappa shape index (κ3) is 1.74. The van der Waals surface area contributed by atoms with Gasteiger partial charge in [-0.15, -0.1) is 0 Å². The van der Waals surface area contributed by atoms with Crippen LogP contribution in [0.5, 0.6) is 0 Å². The van der Waals surface area contributed by atoms with Crippen molar-refractivity contribution in [2.45, 2.75) is 43.9 Å². The topological polar surface area (TPSA) is 30.2 Å². The molecule has 2 aromatic rings. The third-order valence-corrected chi connectivity index (χ3v) is 6.40. The monoisotopic (exact) mass is 321 g/mol. The minimum Gasteiger partial charge on any atom is -0.270 e. The van der Waals surface area contributed by atoms with Crippen LogP contribution in [0.2, 0.25) is 10.3 Å². The van der Waals surface area contributed by atoms with Gasteiger partial charge in [0.1, 0.15) is 16.1 Å². The molecule has 4 bridgehead atoms. The van der Waals surface area contributed by atoms with Gasteiger partial charge < -0.3 is 0 Å². The first kappa shape index (κ1) is 12.7. The van der Waals surface area contributed by atoms with Crippen molar-refractivity contribution in [2.75, 3.05) is 0 Å². The van der Waals surface area contributed by atoms with Gasteiger partial charge in [-0.1, -0.05) is 23.2 Å². The Morgan fingerprint density at radius 1 is 1.05 bits per heavy atom. The van der Waals surface area contributed by atoms with Crippen molar-refractivity contribution < 1.29 is 0 Å². The summed E-state index contributed by atoms with van der Waals surface area (Å²) in [7, 11) is 0. The summed E-state index contributed by atoms with van der Waals surface area (Å²) in [6.07, 6.45) is 9.94. The number of hydrogen-bond acceptors (Lipinski definition) is 2. The van der Waals surface area contributed by atoms with Gasteiger partial charge in [0.15, 0.2) is 5.65 Å². The fourth-order valence-corrected chi connectivity index (χ4v) is 6.21. The summed E-state index contributed by atoms with van der Waals surface area (Å²) in [5, 5.41) is 1.07. The molecule has 0 aromatic carbocycles. The maximum absolute atomic E-state index is 6.45. The minimum absolute atomic E-state index is 0.223. The highest BCUT2D eigenvalue weighted by atomic mass is 35.5. The lowest BCUT2D eigenvalue weighted by molar-refractivity contribution is -0.00962. The predicted molar refractivity (Wildman–Crippen MR) is 82.9 cm³/mol. The Bertz CT molecular complexity index is 701. The van der Waals surface area contributed by atoms with Gasteiger partial charge in [-0.3, -0.25) is 4.40 Å². The lowest BCUT2D eigenvalue weighted by Gasteiger charge is -2.56. The van der Waals surface area contributed by atoms with Gasteiger partial charge in [0.2, 0.25) is 0 Å². The van der Waals surface area contributed by atoms with Gasteiger partial charge in [0.25, 0.3) is 0 Å². The molecule has 110 valence electrons. The van der Waals surface area contributed by atoms with E-state index in [1.165, 1.54) is 38.5 Å². The van der Waals surface area contributed by atoms with Gasteiger partial charge in [0, 0.05) is 11.5 Å². The molecule has 6 rings (SSSR count). The van der Waals surface area contributed by atoms with E-state index in [1.807, 2.05) is 10.6 Å². The van der Waals surface area contributed by atoms with Crippen LogP contribution < -0.4 is 0 Å². The molecule has 3 nitrogen and oxygen atoms in total. The fraction of sp³-hybridized carbons (Fsp3) is 0.625. The molecule has 4 aliphatic rings. The average Bonchev–Trinajstić information content (AvgIpc) is 2.81. The van der Waals surface area contributed by atoms with Crippen molar-refractivity contribution in [1.29, 1.82) is 0 Å². The van der Waals surface area contributed by atoms with E-state index in [4.69, 9.17) is 28.2 Å². The molecule has 4 fully saturated rings. The summed E-state index contributed by atoms with van der Waals surface area (Å²) in [6, 6.07) is 1.72. The fourth-order valence-electron chi connectivity index (χ4n) is 5.70. The van der Waals surface area contributed by atoms with E-state index in [0.717, 1.165) is 29.2 Å². The first-order valence-electron chi connectivity index (χ1n) is 7.83. The van der Waals surface area contributed by atoms with Crippen LogP contribution in [0.25, 0.3) is 5.65 Å². The molecule has 0 N–H and O–H groups in total. The number of aromatic nitrogens is 3.